The molecule has 0 aliphatic rings. The van der Waals surface area contributed by atoms with Crippen LogP contribution < -0.4 is 4.74 Å². The van der Waals surface area contributed by atoms with Gasteiger partial charge in [0.1, 0.15) is 5.75 Å². The molecule has 1 heterocycles. The van der Waals surface area contributed by atoms with E-state index in [9.17, 15) is 0 Å². The fourth-order valence-electron chi connectivity index (χ4n) is 4.18. The van der Waals surface area contributed by atoms with Gasteiger partial charge < -0.3 is 9.30 Å². The van der Waals surface area contributed by atoms with Gasteiger partial charge in [0.15, 0.2) is 0 Å². The van der Waals surface area contributed by atoms with E-state index in [2.05, 4.69) is 59.2 Å². The van der Waals surface area contributed by atoms with Crippen molar-refractivity contribution >= 4 is 35.1 Å². The molecule has 36 heavy (non-hydrogen) atoms. The first-order chi connectivity index (χ1) is 17.6. The number of rotatable bonds is 7. The predicted molar refractivity (Wildman–Crippen MR) is 152 cm³/mol. The molecular formula is C31H24Cl2N2O. The van der Waals surface area contributed by atoms with Gasteiger partial charge >= 0.3 is 0 Å². The highest BCUT2D eigenvalue weighted by Crippen LogP contribution is 2.36. The second kappa shape index (κ2) is 10.9. The fraction of sp³-hybridized carbons (Fsp3) is 0.0645. The Bertz CT molecular complexity index is 1490. The van der Waals surface area contributed by atoms with Crippen molar-refractivity contribution in [1.29, 1.82) is 0 Å². The maximum Gasteiger partial charge on any atom is 0.119 e. The Morgan fingerprint density at radius 1 is 0.750 bits per heavy atom. The highest BCUT2D eigenvalue weighted by molar-refractivity contribution is 6.42. The Hall–Kier alpha value is -3.79. The van der Waals surface area contributed by atoms with Gasteiger partial charge in [0.25, 0.3) is 0 Å². The third-order valence-corrected chi connectivity index (χ3v) is 6.55. The standard InChI is InChI=1S/C31H24Cl2N2O/c1-2-36-27-16-14-26(15-17-27)35-30(22-9-5-3-6-10-22)19-24(31(35)23-11-7-4-8-12-23)21-34-25-13-18-28(32)29(33)20-25/h3-21H,2H2,1H3. The molecule has 0 atom stereocenters. The van der Waals surface area contributed by atoms with Crippen LogP contribution in [0.5, 0.6) is 5.75 Å². The zero-order valence-corrected chi connectivity index (χ0v) is 21.2. The van der Waals surface area contributed by atoms with E-state index in [1.165, 1.54) is 0 Å². The first-order valence-corrected chi connectivity index (χ1v) is 12.5. The molecule has 178 valence electrons. The molecule has 0 saturated heterocycles. The normalized spacial score (nSPS) is 11.2. The van der Waals surface area contributed by atoms with Gasteiger partial charge in [-0.1, -0.05) is 83.9 Å². The van der Waals surface area contributed by atoms with Crippen LogP contribution in [0.2, 0.25) is 10.0 Å². The maximum absolute atomic E-state index is 6.23. The molecular weight excluding hydrogens is 487 g/mol. The van der Waals surface area contributed by atoms with Crippen LogP contribution in [0, 0.1) is 0 Å². The van der Waals surface area contributed by atoms with Crippen molar-refractivity contribution in [1.82, 2.24) is 4.57 Å². The minimum atomic E-state index is 0.478. The summed E-state index contributed by atoms with van der Waals surface area (Å²) in [5.41, 5.74) is 7.06. The van der Waals surface area contributed by atoms with Crippen molar-refractivity contribution in [2.24, 2.45) is 4.99 Å². The van der Waals surface area contributed by atoms with Gasteiger partial charge in [0, 0.05) is 17.5 Å². The lowest BCUT2D eigenvalue weighted by Gasteiger charge is -2.15. The monoisotopic (exact) mass is 510 g/mol. The van der Waals surface area contributed by atoms with E-state index >= 15 is 0 Å². The van der Waals surface area contributed by atoms with Crippen LogP contribution in [0.15, 0.2) is 114 Å². The first-order valence-electron chi connectivity index (χ1n) is 11.7. The molecule has 0 spiro atoms. The molecule has 0 radical (unpaired) electrons. The summed E-state index contributed by atoms with van der Waals surface area (Å²) >= 11 is 12.3. The molecule has 1 aromatic heterocycles. The lowest BCUT2D eigenvalue weighted by molar-refractivity contribution is 0.340. The van der Waals surface area contributed by atoms with Crippen LogP contribution in [0.1, 0.15) is 12.5 Å². The number of ether oxygens (including phenoxy) is 1. The summed E-state index contributed by atoms with van der Waals surface area (Å²) in [5, 5.41) is 0.986. The fourth-order valence-corrected chi connectivity index (χ4v) is 4.47. The summed E-state index contributed by atoms with van der Waals surface area (Å²) in [4.78, 5) is 4.74. The molecule has 0 unspecified atom stereocenters. The van der Waals surface area contributed by atoms with Gasteiger partial charge in [-0.05, 0) is 66.6 Å². The van der Waals surface area contributed by atoms with Crippen molar-refractivity contribution in [3.63, 3.8) is 0 Å². The number of aromatic nitrogens is 1. The van der Waals surface area contributed by atoms with Crippen molar-refractivity contribution in [2.75, 3.05) is 6.61 Å². The Balaban J connectivity index is 1.73. The summed E-state index contributed by atoms with van der Waals surface area (Å²) in [5.74, 6) is 0.845. The highest BCUT2D eigenvalue weighted by Gasteiger charge is 2.18. The summed E-state index contributed by atoms with van der Waals surface area (Å²) in [6.07, 6.45) is 1.89. The first kappa shape index (κ1) is 23.9. The minimum Gasteiger partial charge on any atom is -0.494 e. The largest absolute Gasteiger partial charge is 0.494 e. The van der Waals surface area contributed by atoms with Gasteiger partial charge in [-0.3, -0.25) is 4.99 Å². The van der Waals surface area contributed by atoms with Gasteiger partial charge in [-0.15, -0.1) is 0 Å². The molecule has 3 nitrogen and oxygen atoms in total. The van der Waals surface area contributed by atoms with Gasteiger partial charge in [-0.25, -0.2) is 0 Å². The molecule has 4 aromatic carbocycles. The molecule has 0 amide bonds. The number of halogens is 2. The van der Waals surface area contributed by atoms with Crippen LogP contribution >= 0.6 is 23.2 Å². The number of aliphatic imine (C=N–C) groups is 1. The molecule has 0 fully saturated rings. The second-order valence-electron chi connectivity index (χ2n) is 8.18. The SMILES string of the molecule is CCOc1ccc(-n2c(-c3ccccc3)cc(C=Nc3ccc(Cl)c(Cl)c3)c2-c2ccccc2)cc1. The Labute approximate surface area is 221 Å². The smallest absolute Gasteiger partial charge is 0.119 e. The summed E-state index contributed by atoms with van der Waals surface area (Å²) < 4.78 is 7.96. The molecule has 0 bridgehead atoms. The van der Waals surface area contributed by atoms with E-state index < -0.39 is 0 Å². The van der Waals surface area contributed by atoms with Crippen molar-refractivity contribution in [3.05, 3.63) is 125 Å². The topological polar surface area (TPSA) is 26.5 Å². The molecule has 5 heteroatoms. The quantitative estimate of drug-likeness (QED) is 0.200. The van der Waals surface area contributed by atoms with E-state index in [0.717, 1.165) is 45.2 Å². The molecule has 5 rings (SSSR count). The summed E-state index contributed by atoms with van der Waals surface area (Å²) in [6, 6.07) is 36.5. The molecule has 0 saturated carbocycles. The molecule has 0 N–H and O–H groups in total. The number of nitrogens with zero attached hydrogens (tertiary/aromatic N) is 2. The zero-order chi connectivity index (χ0) is 24.9. The Morgan fingerprint density at radius 2 is 1.42 bits per heavy atom. The third kappa shape index (κ3) is 5.08. The zero-order valence-electron chi connectivity index (χ0n) is 19.7. The van der Waals surface area contributed by atoms with Crippen LogP contribution in [0.3, 0.4) is 0 Å². The van der Waals surface area contributed by atoms with Crippen LogP contribution in [-0.4, -0.2) is 17.4 Å². The third-order valence-electron chi connectivity index (χ3n) is 5.81. The molecule has 0 aliphatic carbocycles. The van der Waals surface area contributed by atoms with Crippen LogP contribution in [-0.2, 0) is 0 Å². The van der Waals surface area contributed by atoms with E-state index in [-0.39, 0.29) is 0 Å². The minimum absolute atomic E-state index is 0.478. The van der Waals surface area contributed by atoms with Gasteiger partial charge in [0.05, 0.1) is 33.7 Å². The second-order valence-corrected chi connectivity index (χ2v) is 9.00. The molecule has 5 aromatic rings. The average Bonchev–Trinajstić information content (AvgIpc) is 3.30. The van der Waals surface area contributed by atoms with Crippen molar-refractivity contribution in [3.8, 4) is 34.0 Å². The highest BCUT2D eigenvalue weighted by atomic mass is 35.5. The van der Waals surface area contributed by atoms with E-state index in [0.29, 0.717) is 16.7 Å². The lowest BCUT2D eigenvalue weighted by Crippen LogP contribution is -2.01. The number of hydrogen-bond acceptors (Lipinski definition) is 2. The Morgan fingerprint density at radius 3 is 2.06 bits per heavy atom. The number of benzene rings is 4. The van der Waals surface area contributed by atoms with Crippen LogP contribution in [0.4, 0.5) is 5.69 Å². The molecule has 0 aliphatic heterocycles. The summed E-state index contributed by atoms with van der Waals surface area (Å²) in [6.45, 7) is 2.61. The number of hydrogen-bond donors (Lipinski definition) is 0. The maximum atomic E-state index is 6.23. The van der Waals surface area contributed by atoms with Gasteiger partial charge in [0.2, 0.25) is 0 Å². The lowest BCUT2D eigenvalue weighted by atomic mass is 10.1. The van der Waals surface area contributed by atoms with Crippen LogP contribution in [0.25, 0.3) is 28.2 Å². The Kier molecular flexibility index (Phi) is 7.22. The van der Waals surface area contributed by atoms with Gasteiger partial charge in [-0.2, -0.15) is 0 Å². The van der Waals surface area contributed by atoms with Crippen molar-refractivity contribution in [2.45, 2.75) is 6.92 Å². The summed E-state index contributed by atoms with van der Waals surface area (Å²) in [7, 11) is 0. The van der Waals surface area contributed by atoms with E-state index in [1.807, 2.05) is 55.6 Å². The van der Waals surface area contributed by atoms with Crippen molar-refractivity contribution < 1.29 is 4.74 Å². The van der Waals surface area contributed by atoms with E-state index in [4.69, 9.17) is 32.9 Å². The predicted octanol–water partition coefficient (Wildman–Crippen LogP) is 9.27. The average molecular weight is 511 g/mol. The van der Waals surface area contributed by atoms with E-state index in [1.54, 1.807) is 12.1 Å².